The van der Waals surface area contributed by atoms with Gasteiger partial charge >= 0.3 is 0 Å². The van der Waals surface area contributed by atoms with E-state index in [1.165, 1.54) is 24.8 Å². The molecule has 0 radical (unpaired) electrons. The SMILES string of the molecule is C.C.C=C/C=C\C(=C)CCCCC. The minimum absolute atomic E-state index is 0. The number of unbranched alkanes of at least 4 members (excludes halogenated alkanes) is 2. The lowest BCUT2D eigenvalue weighted by Crippen LogP contribution is -1.77. The Morgan fingerprint density at radius 2 is 1.85 bits per heavy atom. The van der Waals surface area contributed by atoms with Gasteiger partial charge in [0.05, 0.1) is 0 Å². The fraction of sp³-hybridized carbons (Fsp3) is 0.538. The van der Waals surface area contributed by atoms with Crippen molar-refractivity contribution in [2.75, 3.05) is 0 Å². The molecule has 0 aromatic heterocycles. The Morgan fingerprint density at radius 1 is 1.23 bits per heavy atom. The predicted octanol–water partition coefficient (Wildman–Crippen LogP) is 5.14. The minimum atomic E-state index is 0. The molecule has 0 fully saturated rings. The van der Waals surface area contributed by atoms with E-state index in [4.69, 9.17) is 0 Å². The first kappa shape index (κ1) is 18.1. The van der Waals surface area contributed by atoms with Crippen LogP contribution in [-0.2, 0) is 0 Å². The average Bonchev–Trinajstić information content (AvgIpc) is 2.01. The summed E-state index contributed by atoms with van der Waals surface area (Å²) in [6.45, 7) is 9.74. The van der Waals surface area contributed by atoms with Gasteiger partial charge in [-0.15, -0.1) is 0 Å². The molecule has 0 atom stereocenters. The van der Waals surface area contributed by atoms with Gasteiger partial charge in [0.15, 0.2) is 0 Å². The summed E-state index contributed by atoms with van der Waals surface area (Å²) >= 11 is 0. The first-order valence-corrected chi connectivity index (χ1v) is 4.28. The predicted molar refractivity (Wildman–Crippen MR) is 66.1 cm³/mol. The summed E-state index contributed by atoms with van der Waals surface area (Å²) in [6, 6.07) is 0. The molecule has 78 valence electrons. The van der Waals surface area contributed by atoms with Gasteiger partial charge < -0.3 is 0 Å². The third-order valence-corrected chi connectivity index (χ3v) is 1.57. The smallest absolute Gasteiger partial charge is 0.0285 e. The number of hydrogen-bond donors (Lipinski definition) is 0. The summed E-state index contributed by atoms with van der Waals surface area (Å²) in [5.74, 6) is 0. The Morgan fingerprint density at radius 3 is 2.31 bits per heavy atom. The zero-order valence-electron chi connectivity index (χ0n) is 7.47. The first-order chi connectivity index (χ1) is 5.31. The van der Waals surface area contributed by atoms with Crippen molar-refractivity contribution in [1.82, 2.24) is 0 Å². The van der Waals surface area contributed by atoms with E-state index in [1.807, 2.05) is 12.2 Å². The van der Waals surface area contributed by atoms with Gasteiger partial charge in [0.2, 0.25) is 0 Å². The minimum Gasteiger partial charge on any atom is -0.0991 e. The molecule has 0 saturated carbocycles. The molecule has 0 bridgehead atoms. The van der Waals surface area contributed by atoms with E-state index in [9.17, 15) is 0 Å². The maximum atomic E-state index is 3.93. The summed E-state index contributed by atoms with van der Waals surface area (Å²) < 4.78 is 0. The Kier molecular flexibility index (Phi) is 19.2. The van der Waals surface area contributed by atoms with Crippen molar-refractivity contribution in [1.29, 1.82) is 0 Å². The van der Waals surface area contributed by atoms with Gasteiger partial charge in [-0.3, -0.25) is 0 Å². The standard InChI is InChI=1S/C11H18.2CH4/c1-4-6-8-10-11(3)9-7-5-2;;/h5,7,9H,2-4,6,8,10H2,1H3;2*1H4/b9-7-;;. The fourth-order valence-corrected chi connectivity index (χ4v) is 0.890. The van der Waals surface area contributed by atoms with Crippen molar-refractivity contribution in [2.45, 2.75) is 47.5 Å². The Hall–Kier alpha value is -0.780. The van der Waals surface area contributed by atoms with Crippen LogP contribution < -0.4 is 0 Å². The fourth-order valence-electron chi connectivity index (χ4n) is 0.890. The lowest BCUT2D eigenvalue weighted by Gasteiger charge is -1.97. The molecular weight excluding hydrogens is 156 g/mol. The van der Waals surface area contributed by atoms with Gasteiger partial charge in [-0.1, -0.05) is 71.6 Å². The van der Waals surface area contributed by atoms with Gasteiger partial charge in [-0.05, 0) is 12.8 Å². The van der Waals surface area contributed by atoms with Crippen LogP contribution >= 0.6 is 0 Å². The van der Waals surface area contributed by atoms with Crippen LogP contribution in [0.25, 0.3) is 0 Å². The Bertz CT molecular complexity index is 140. The molecule has 0 unspecified atom stereocenters. The topological polar surface area (TPSA) is 0 Å². The van der Waals surface area contributed by atoms with Gasteiger partial charge in [0.1, 0.15) is 0 Å². The Balaban J connectivity index is -0.000000500. The molecule has 0 aliphatic rings. The quantitative estimate of drug-likeness (QED) is 0.394. The van der Waals surface area contributed by atoms with E-state index >= 15 is 0 Å². The van der Waals surface area contributed by atoms with E-state index in [0.29, 0.717) is 0 Å². The average molecular weight is 182 g/mol. The summed E-state index contributed by atoms with van der Waals surface area (Å²) in [5, 5.41) is 0. The summed E-state index contributed by atoms with van der Waals surface area (Å²) in [4.78, 5) is 0. The largest absolute Gasteiger partial charge is 0.0991 e. The van der Waals surface area contributed by atoms with Crippen LogP contribution in [0.1, 0.15) is 47.5 Å². The summed E-state index contributed by atoms with van der Waals surface area (Å²) in [6.07, 6.45) is 10.7. The van der Waals surface area contributed by atoms with Crippen molar-refractivity contribution in [2.24, 2.45) is 0 Å². The molecule has 0 rings (SSSR count). The van der Waals surface area contributed by atoms with Crippen LogP contribution in [0.2, 0.25) is 0 Å². The van der Waals surface area contributed by atoms with Crippen molar-refractivity contribution < 1.29 is 0 Å². The molecule has 0 N–H and O–H groups in total. The highest BCUT2D eigenvalue weighted by molar-refractivity contribution is 5.17. The number of allylic oxidation sites excluding steroid dienone is 4. The Labute approximate surface area is 85.1 Å². The molecule has 13 heavy (non-hydrogen) atoms. The normalized spacial score (nSPS) is 8.69. The summed E-state index contributed by atoms with van der Waals surface area (Å²) in [5.41, 5.74) is 1.21. The number of hydrogen-bond acceptors (Lipinski definition) is 0. The van der Waals surface area contributed by atoms with E-state index in [-0.39, 0.29) is 14.9 Å². The van der Waals surface area contributed by atoms with Crippen LogP contribution in [-0.4, -0.2) is 0 Å². The molecule has 0 heteroatoms. The van der Waals surface area contributed by atoms with E-state index in [1.54, 1.807) is 6.08 Å². The zero-order chi connectivity index (χ0) is 8.53. The van der Waals surface area contributed by atoms with Crippen LogP contribution in [0.4, 0.5) is 0 Å². The first-order valence-electron chi connectivity index (χ1n) is 4.28. The highest BCUT2D eigenvalue weighted by Gasteiger charge is 1.87. The van der Waals surface area contributed by atoms with Gasteiger partial charge in [-0.2, -0.15) is 0 Å². The van der Waals surface area contributed by atoms with Crippen molar-refractivity contribution >= 4 is 0 Å². The number of rotatable bonds is 6. The molecule has 0 heterocycles. The molecule has 0 nitrogen and oxygen atoms in total. The molecule has 0 aliphatic carbocycles. The lowest BCUT2D eigenvalue weighted by atomic mass is 10.1. The molecule has 0 saturated heterocycles. The third kappa shape index (κ3) is 14.1. The highest BCUT2D eigenvalue weighted by Crippen LogP contribution is 2.07. The maximum Gasteiger partial charge on any atom is -0.0285 e. The van der Waals surface area contributed by atoms with Crippen molar-refractivity contribution in [3.8, 4) is 0 Å². The van der Waals surface area contributed by atoms with Gasteiger partial charge in [0, 0.05) is 0 Å². The van der Waals surface area contributed by atoms with E-state index in [2.05, 4.69) is 20.1 Å². The highest BCUT2D eigenvalue weighted by atomic mass is 13.9. The maximum absolute atomic E-state index is 3.93. The van der Waals surface area contributed by atoms with Crippen molar-refractivity contribution in [3.05, 3.63) is 37.0 Å². The monoisotopic (exact) mass is 182 g/mol. The second kappa shape index (κ2) is 13.8. The van der Waals surface area contributed by atoms with Crippen LogP contribution in [0.15, 0.2) is 37.0 Å². The molecule has 0 aromatic rings. The molecule has 0 aromatic carbocycles. The van der Waals surface area contributed by atoms with E-state index < -0.39 is 0 Å². The van der Waals surface area contributed by atoms with Crippen LogP contribution in [0.3, 0.4) is 0 Å². The lowest BCUT2D eigenvalue weighted by molar-refractivity contribution is 0.720. The molecule has 0 spiro atoms. The zero-order valence-corrected chi connectivity index (χ0v) is 7.47. The third-order valence-electron chi connectivity index (χ3n) is 1.57. The van der Waals surface area contributed by atoms with Crippen LogP contribution in [0.5, 0.6) is 0 Å². The van der Waals surface area contributed by atoms with Crippen molar-refractivity contribution in [3.63, 3.8) is 0 Å². The second-order valence-electron chi connectivity index (χ2n) is 2.71. The van der Waals surface area contributed by atoms with Gasteiger partial charge in [-0.25, -0.2) is 0 Å². The molecule has 0 aliphatic heterocycles. The summed E-state index contributed by atoms with van der Waals surface area (Å²) in [7, 11) is 0. The van der Waals surface area contributed by atoms with E-state index in [0.717, 1.165) is 6.42 Å². The second-order valence-corrected chi connectivity index (χ2v) is 2.71. The molecular formula is C13H26. The van der Waals surface area contributed by atoms with Gasteiger partial charge in [0.25, 0.3) is 0 Å². The molecule has 0 amide bonds. The van der Waals surface area contributed by atoms with Crippen LogP contribution in [0, 0.1) is 0 Å².